The summed E-state index contributed by atoms with van der Waals surface area (Å²) in [7, 11) is 0. The van der Waals surface area contributed by atoms with Crippen LogP contribution in [0.1, 0.15) is 30.4 Å². The summed E-state index contributed by atoms with van der Waals surface area (Å²) in [6, 6.07) is 18.3. The summed E-state index contributed by atoms with van der Waals surface area (Å²) in [5, 5.41) is 3.06. The molecule has 0 fully saturated rings. The zero-order valence-corrected chi connectivity index (χ0v) is 13.5. The molecule has 2 unspecified atom stereocenters. The van der Waals surface area contributed by atoms with Crippen molar-refractivity contribution in [1.29, 1.82) is 0 Å². The highest BCUT2D eigenvalue weighted by Gasteiger charge is 2.20. The molecule has 0 spiro atoms. The number of fused-ring (bicyclic) bond motifs is 1. The lowest BCUT2D eigenvalue weighted by molar-refractivity contribution is -0.121. The van der Waals surface area contributed by atoms with E-state index in [0.29, 0.717) is 25.5 Å². The number of benzene rings is 2. The van der Waals surface area contributed by atoms with Gasteiger partial charge >= 0.3 is 0 Å². The fourth-order valence-corrected chi connectivity index (χ4v) is 3.03. The molecule has 1 N–H and O–H groups in total. The van der Waals surface area contributed by atoms with E-state index in [1.165, 1.54) is 11.1 Å². The van der Waals surface area contributed by atoms with Gasteiger partial charge in [0.25, 0.3) is 0 Å². The molecule has 1 aliphatic heterocycles. The van der Waals surface area contributed by atoms with Crippen molar-refractivity contribution in [3.8, 4) is 5.75 Å². The lowest BCUT2D eigenvalue weighted by Crippen LogP contribution is -2.35. The molecule has 0 saturated heterocycles. The fourth-order valence-electron chi connectivity index (χ4n) is 3.03. The molecule has 2 aromatic rings. The number of amides is 1. The summed E-state index contributed by atoms with van der Waals surface area (Å²) in [6.45, 7) is 3.44. The van der Waals surface area contributed by atoms with Gasteiger partial charge in [0.1, 0.15) is 5.75 Å². The molecule has 0 aliphatic carbocycles. The summed E-state index contributed by atoms with van der Waals surface area (Å²) in [5.41, 5.74) is 2.44. The molecule has 2 atom stereocenters. The number of carbonyl (C=O) groups excluding carboxylic acids is 1. The Labute approximate surface area is 137 Å². The smallest absolute Gasteiger partial charge is 0.220 e. The van der Waals surface area contributed by atoms with Gasteiger partial charge in [-0.1, -0.05) is 55.5 Å². The lowest BCUT2D eigenvalue weighted by Gasteiger charge is -2.25. The molecule has 0 aromatic heterocycles. The van der Waals surface area contributed by atoms with Crippen molar-refractivity contribution in [3.05, 3.63) is 65.7 Å². The van der Waals surface area contributed by atoms with Crippen molar-refractivity contribution in [1.82, 2.24) is 5.32 Å². The van der Waals surface area contributed by atoms with Gasteiger partial charge in [0.2, 0.25) is 5.91 Å². The summed E-state index contributed by atoms with van der Waals surface area (Å²) in [6.07, 6.45) is 1.48. The normalized spacial score (nSPS) is 17.7. The molecule has 1 heterocycles. The Balaban J connectivity index is 1.47. The third-order valence-corrected chi connectivity index (χ3v) is 4.40. The Morgan fingerprint density at radius 1 is 1.17 bits per heavy atom. The quantitative estimate of drug-likeness (QED) is 0.917. The Kier molecular flexibility index (Phi) is 4.96. The largest absolute Gasteiger partial charge is 0.493 e. The zero-order chi connectivity index (χ0) is 16.1. The van der Waals surface area contributed by atoms with Gasteiger partial charge in [-0.05, 0) is 29.5 Å². The third kappa shape index (κ3) is 4.13. The zero-order valence-electron chi connectivity index (χ0n) is 13.5. The maximum absolute atomic E-state index is 12.2. The van der Waals surface area contributed by atoms with Gasteiger partial charge in [0.15, 0.2) is 0 Å². The number of para-hydroxylation sites is 1. The average molecular weight is 309 g/mol. The number of hydrogen-bond donors (Lipinski definition) is 1. The Hall–Kier alpha value is -2.29. The highest BCUT2D eigenvalue weighted by Crippen LogP contribution is 2.26. The van der Waals surface area contributed by atoms with Crippen molar-refractivity contribution in [2.75, 3.05) is 13.2 Å². The molecule has 23 heavy (non-hydrogen) atoms. The first-order valence-electron chi connectivity index (χ1n) is 8.24. The standard InChI is InChI=1S/C20H23NO2/c1-15(17-7-3-2-4-8-17)11-20(22)21-13-16-12-18-9-5-6-10-19(18)23-14-16/h2-10,15-16H,11-14H2,1H3,(H,21,22). The molecule has 0 bridgehead atoms. The van der Waals surface area contributed by atoms with E-state index < -0.39 is 0 Å². The molecule has 1 amide bonds. The van der Waals surface area contributed by atoms with Crippen LogP contribution in [-0.2, 0) is 11.2 Å². The van der Waals surface area contributed by atoms with E-state index in [2.05, 4.69) is 30.4 Å². The Morgan fingerprint density at radius 3 is 2.74 bits per heavy atom. The van der Waals surface area contributed by atoms with Crippen LogP contribution in [0.15, 0.2) is 54.6 Å². The van der Waals surface area contributed by atoms with Gasteiger partial charge in [-0.2, -0.15) is 0 Å². The molecule has 3 nitrogen and oxygen atoms in total. The van der Waals surface area contributed by atoms with Gasteiger partial charge in [-0.3, -0.25) is 4.79 Å². The molecule has 1 aliphatic rings. The van der Waals surface area contributed by atoms with Gasteiger partial charge in [0.05, 0.1) is 6.61 Å². The molecular formula is C20H23NO2. The van der Waals surface area contributed by atoms with Crippen LogP contribution in [0.2, 0.25) is 0 Å². The summed E-state index contributed by atoms with van der Waals surface area (Å²) in [4.78, 5) is 12.2. The molecule has 3 rings (SSSR count). The van der Waals surface area contributed by atoms with Crippen LogP contribution < -0.4 is 10.1 Å². The number of nitrogens with one attached hydrogen (secondary N) is 1. The van der Waals surface area contributed by atoms with E-state index in [1.54, 1.807) is 0 Å². The Bertz CT molecular complexity index is 654. The first-order chi connectivity index (χ1) is 11.2. The van der Waals surface area contributed by atoms with Crippen molar-refractivity contribution in [3.63, 3.8) is 0 Å². The fraction of sp³-hybridized carbons (Fsp3) is 0.350. The summed E-state index contributed by atoms with van der Waals surface area (Å²) < 4.78 is 5.77. The van der Waals surface area contributed by atoms with E-state index in [9.17, 15) is 4.79 Å². The van der Waals surface area contributed by atoms with E-state index in [4.69, 9.17) is 4.74 Å². The van der Waals surface area contributed by atoms with E-state index >= 15 is 0 Å². The van der Waals surface area contributed by atoms with E-state index in [1.807, 2.05) is 36.4 Å². The second-order valence-corrected chi connectivity index (χ2v) is 6.31. The van der Waals surface area contributed by atoms with Crippen molar-refractivity contribution < 1.29 is 9.53 Å². The predicted octanol–water partition coefficient (Wildman–Crippen LogP) is 3.55. The second-order valence-electron chi connectivity index (χ2n) is 6.31. The van der Waals surface area contributed by atoms with Crippen LogP contribution in [0, 0.1) is 5.92 Å². The topological polar surface area (TPSA) is 38.3 Å². The second kappa shape index (κ2) is 7.32. The first kappa shape index (κ1) is 15.6. The number of hydrogen-bond acceptors (Lipinski definition) is 2. The minimum absolute atomic E-state index is 0.111. The molecule has 120 valence electrons. The highest BCUT2D eigenvalue weighted by molar-refractivity contribution is 5.76. The van der Waals surface area contributed by atoms with E-state index in [-0.39, 0.29) is 11.8 Å². The Morgan fingerprint density at radius 2 is 1.91 bits per heavy atom. The minimum atomic E-state index is 0.111. The molecule has 0 radical (unpaired) electrons. The summed E-state index contributed by atoms with van der Waals surface area (Å²) in [5.74, 6) is 1.67. The van der Waals surface area contributed by atoms with Gasteiger partial charge in [-0.15, -0.1) is 0 Å². The maximum atomic E-state index is 12.2. The SMILES string of the molecule is CC(CC(=O)NCC1COc2ccccc2C1)c1ccccc1. The third-order valence-electron chi connectivity index (χ3n) is 4.40. The molecular weight excluding hydrogens is 286 g/mol. The predicted molar refractivity (Wildman–Crippen MR) is 91.6 cm³/mol. The van der Waals surface area contributed by atoms with E-state index in [0.717, 1.165) is 12.2 Å². The number of rotatable bonds is 5. The van der Waals surface area contributed by atoms with Crippen LogP contribution in [0.3, 0.4) is 0 Å². The lowest BCUT2D eigenvalue weighted by atomic mass is 9.95. The van der Waals surface area contributed by atoms with Gasteiger partial charge in [0, 0.05) is 18.9 Å². The number of carbonyl (C=O) groups is 1. The first-order valence-corrected chi connectivity index (χ1v) is 8.24. The van der Waals surface area contributed by atoms with Gasteiger partial charge < -0.3 is 10.1 Å². The molecule has 3 heteroatoms. The van der Waals surface area contributed by atoms with Crippen molar-refractivity contribution in [2.45, 2.75) is 25.7 Å². The van der Waals surface area contributed by atoms with Crippen molar-refractivity contribution in [2.24, 2.45) is 5.92 Å². The van der Waals surface area contributed by atoms with Crippen molar-refractivity contribution >= 4 is 5.91 Å². The monoisotopic (exact) mass is 309 g/mol. The average Bonchev–Trinajstić information content (AvgIpc) is 2.60. The van der Waals surface area contributed by atoms with Crippen LogP contribution in [0.25, 0.3) is 0 Å². The van der Waals surface area contributed by atoms with Crippen LogP contribution >= 0.6 is 0 Å². The van der Waals surface area contributed by atoms with Crippen LogP contribution in [-0.4, -0.2) is 19.1 Å². The number of ether oxygens (including phenoxy) is 1. The van der Waals surface area contributed by atoms with Crippen LogP contribution in [0.4, 0.5) is 0 Å². The highest BCUT2D eigenvalue weighted by atomic mass is 16.5. The van der Waals surface area contributed by atoms with Gasteiger partial charge in [-0.25, -0.2) is 0 Å². The molecule has 2 aromatic carbocycles. The maximum Gasteiger partial charge on any atom is 0.220 e. The minimum Gasteiger partial charge on any atom is -0.493 e. The summed E-state index contributed by atoms with van der Waals surface area (Å²) >= 11 is 0. The molecule has 0 saturated carbocycles. The van der Waals surface area contributed by atoms with Crippen LogP contribution in [0.5, 0.6) is 5.75 Å².